The summed E-state index contributed by atoms with van der Waals surface area (Å²) in [6, 6.07) is 10.3. The first-order chi connectivity index (χ1) is 4.30. The average Bonchev–Trinajstić information content (AvgIpc) is 1.90. The molecule has 0 unspecified atom stereocenters. The van der Waals surface area contributed by atoms with Crippen LogP contribution in [0.15, 0.2) is 30.3 Å². The zero-order valence-corrected chi connectivity index (χ0v) is 5.67. The Morgan fingerprint density at radius 2 is 1.78 bits per heavy atom. The van der Waals surface area contributed by atoms with Crippen LogP contribution in [0, 0.1) is 6.92 Å². The van der Waals surface area contributed by atoms with Crippen molar-refractivity contribution in [1.82, 2.24) is 0 Å². The van der Waals surface area contributed by atoms with E-state index in [1.165, 1.54) is 5.56 Å². The Kier molecular flexibility index (Phi) is 1.78. The van der Waals surface area contributed by atoms with E-state index in [0.717, 1.165) is 0 Å². The summed E-state index contributed by atoms with van der Waals surface area (Å²) < 4.78 is 0. The predicted molar refractivity (Wildman–Crippen MR) is 40.2 cm³/mol. The highest BCUT2D eigenvalue weighted by Crippen LogP contribution is 2.11. The van der Waals surface area contributed by atoms with Gasteiger partial charge in [-0.2, -0.15) is 0 Å². The van der Waals surface area contributed by atoms with Gasteiger partial charge in [0.15, 0.2) is 0 Å². The lowest BCUT2D eigenvalue weighted by Crippen LogP contribution is -1.83. The molecule has 0 amide bonds. The van der Waals surface area contributed by atoms with Crippen molar-refractivity contribution in [2.45, 2.75) is 12.8 Å². The second kappa shape index (κ2) is 2.58. The van der Waals surface area contributed by atoms with Gasteiger partial charge in [-0.25, -0.2) is 0 Å². The summed E-state index contributed by atoms with van der Waals surface area (Å²) in [5.74, 6) is 0.409. The third-order valence-electron chi connectivity index (χ3n) is 1.37. The van der Waals surface area contributed by atoms with Crippen LogP contribution in [0.2, 0.25) is 0 Å². The van der Waals surface area contributed by atoms with Crippen molar-refractivity contribution in [3.05, 3.63) is 42.8 Å². The third kappa shape index (κ3) is 1.49. The molecule has 0 bridgehead atoms. The maximum Gasteiger partial charge on any atom is 0.117 e. The quantitative estimate of drug-likeness (QED) is 0.498. The summed E-state index contributed by atoms with van der Waals surface area (Å²) in [6.45, 7) is 6.00. The van der Waals surface area contributed by atoms with Crippen LogP contribution >= 0.6 is 0 Å². The van der Waals surface area contributed by atoms with Crippen molar-refractivity contribution in [2.24, 2.45) is 0 Å². The lowest BCUT2D eigenvalue weighted by atomic mass is 10.0. The molecule has 1 atom stereocenters. The molecule has 0 aliphatic heterocycles. The first kappa shape index (κ1) is 6.21. The predicted octanol–water partition coefficient (Wildman–Crippen LogP) is 2.62. The van der Waals surface area contributed by atoms with Gasteiger partial charge < -0.3 is 0 Å². The molecule has 0 spiro atoms. The van der Waals surface area contributed by atoms with Crippen LogP contribution in [0.25, 0.3) is 0 Å². The van der Waals surface area contributed by atoms with E-state index in [-0.39, 0.29) is 0 Å². The Hall–Kier alpha value is -0.910. The molecule has 1 rings (SSSR count). The fourth-order valence-corrected chi connectivity index (χ4v) is 0.782. The number of rotatable bonds is 1. The Morgan fingerprint density at radius 3 is 2.11 bits per heavy atom. The zero-order chi connectivity index (χ0) is 6.69. The zero-order valence-electron chi connectivity index (χ0n) is 5.67. The second-order valence-corrected chi connectivity index (χ2v) is 2.31. The maximum absolute atomic E-state index is 3.91. The monoisotopic (exact) mass is 119 g/mol. The topological polar surface area (TPSA) is 0 Å². The maximum atomic E-state index is 3.91. The van der Waals surface area contributed by atoms with Crippen LogP contribution in [0.3, 0.4) is 0 Å². The van der Waals surface area contributed by atoms with E-state index in [4.69, 9.17) is 0 Å². The average molecular weight is 119 g/mol. The smallest absolute Gasteiger partial charge is 0.0622 e. The molecule has 1 aromatic carbocycles. The Bertz CT molecular complexity index is 163. The summed E-state index contributed by atoms with van der Waals surface area (Å²) >= 11 is 0. The molecule has 0 fully saturated rings. The van der Waals surface area contributed by atoms with E-state index in [1.54, 1.807) is 0 Å². The SMILES string of the molecule is [CH2+][C@H](C)c1ccccc1. The van der Waals surface area contributed by atoms with Gasteiger partial charge in [-0.05, 0) is 12.5 Å². The van der Waals surface area contributed by atoms with E-state index >= 15 is 0 Å². The molecule has 0 saturated carbocycles. The molecule has 0 nitrogen and oxygen atoms in total. The number of benzene rings is 1. The summed E-state index contributed by atoms with van der Waals surface area (Å²) in [5.41, 5.74) is 1.30. The van der Waals surface area contributed by atoms with Crippen molar-refractivity contribution in [1.29, 1.82) is 0 Å². The molecule has 0 aliphatic carbocycles. The number of hydrogen-bond donors (Lipinski definition) is 0. The Balaban J connectivity index is 2.85. The molecule has 0 radical (unpaired) electrons. The van der Waals surface area contributed by atoms with E-state index in [9.17, 15) is 0 Å². The molecular weight excluding hydrogens is 108 g/mol. The van der Waals surface area contributed by atoms with Gasteiger partial charge in [-0.1, -0.05) is 30.3 Å². The minimum Gasteiger partial charge on any atom is -0.0622 e. The minimum absolute atomic E-state index is 0.409. The molecule has 0 N–H and O–H groups in total. The largest absolute Gasteiger partial charge is 0.117 e. The summed E-state index contributed by atoms with van der Waals surface area (Å²) in [5, 5.41) is 0. The lowest BCUT2D eigenvalue weighted by molar-refractivity contribution is 0.964. The highest BCUT2D eigenvalue weighted by atomic mass is 14.0. The fraction of sp³-hybridized carbons (Fsp3) is 0.222. The van der Waals surface area contributed by atoms with Gasteiger partial charge in [0.2, 0.25) is 0 Å². The second-order valence-electron chi connectivity index (χ2n) is 2.31. The van der Waals surface area contributed by atoms with Gasteiger partial charge in [-0.15, -0.1) is 0 Å². The van der Waals surface area contributed by atoms with E-state index in [0.29, 0.717) is 5.92 Å². The number of hydrogen-bond acceptors (Lipinski definition) is 0. The standard InChI is InChI=1S/C9H11/c1-8(2)9-6-4-3-5-7-9/h3-8H,1H2,2H3/q+1/t8-/m1/s1. The van der Waals surface area contributed by atoms with Gasteiger partial charge in [0.1, 0.15) is 5.92 Å². The lowest BCUT2D eigenvalue weighted by Gasteiger charge is -1.95. The van der Waals surface area contributed by atoms with Crippen LogP contribution < -0.4 is 0 Å². The summed E-state index contributed by atoms with van der Waals surface area (Å²) in [7, 11) is 0. The third-order valence-corrected chi connectivity index (χ3v) is 1.37. The highest BCUT2D eigenvalue weighted by Gasteiger charge is 2.00. The molecule has 1 aromatic rings. The molecule has 0 heterocycles. The Morgan fingerprint density at radius 1 is 1.22 bits per heavy atom. The van der Waals surface area contributed by atoms with Crippen LogP contribution in [0.5, 0.6) is 0 Å². The first-order valence-electron chi connectivity index (χ1n) is 3.18. The molecule has 46 valence electrons. The van der Waals surface area contributed by atoms with Crippen LogP contribution in [-0.4, -0.2) is 0 Å². The minimum atomic E-state index is 0.409. The Labute approximate surface area is 56.5 Å². The van der Waals surface area contributed by atoms with Crippen LogP contribution in [-0.2, 0) is 0 Å². The van der Waals surface area contributed by atoms with Gasteiger partial charge in [-0.3, -0.25) is 0 Å². The van der Waals surface area contributed by atoms with Crippen molar-refractivity contribution in [3.63, 3.8) is 0 Å². The van der Waals surface area contributed by atoms with Crippen LogP contribution in [0.4, 0.5) is 0 Å². The summed E-state index contributed by atoms with van der Waals surface area (Å²) in [4.78, 5) is 0. The normalized spacial score (nSPS) is 13.0. The van der Waals surface area contributed by atoms with Gasteiger partial charge in [0, 0.05) is 0 Å². The molecular formula is C9H11+. The first-order valence-corrected chi connectivity index (χ1v) is 3.18. The molecule has 0 aliphatic rings. The van der Waals surface area contributed by atoms with Gasteiger partial charge in [0.25, 0.3) is 0 Å². The van der Waals surface area contributed by atoms with Crippen molar-refractivity contribution in [3.8, 4) is 0 Å². The van der Waals surface area contributed by atoms with Crippen LogP contribution in [0.1, 0.15) is 18.4 Å². The van der Waals surface area contributed by atoms with E-state index in [2.05, 4.69) is 26.0 Å². The van der Waals surface area contributed by atoms with Crippen molar-refractivity contribution >= 4 is 0 Å². The van der Waals surface area contributed by atoms with Gasteiger partial charge in [0.05, 0.1) is 6.92 Å². The van der Waals surface area contributed by atoms with E-state index in [1.807, 2.05) is 18.2 Å². The van der Waals surface area contributed by atoms with Gasteiger partial charge >= 0.3 is 0 Å². The molecule has 9 heavy (non-hydrogen) atoms. The van der Waals surface area contributed by atoms with Crippen molar-refractivity contribution < 1.29 is 0 Å². The molecule has 0 aromatic heterocycles. The highest BCUT2D eigenvalue weighted by molar-refractivity contribution is 5.19. The van der Waals surface area contributed by atoms with Crippen molar-refractivity contribution in [2.75, 3.05) is 0 Å². The van der Waals surface area contributed by atoms with E-state index < -0.39 is 0 Å². The molecule has 0 heteroatoms. The molecule has 0 saturated heterocycles. The summed E-state index contributed by atoms with van der Waals surface area (Å²) in [6.07, 6.45) is 0. The fourth-order valence-electron chi connectivity index (χ4n) is 0.782.